The molecule has 11 heavy (non-hydrogen) atoms. The maximum absolute atomic E-state index is 10.2. The van der Waals surface area contributed by atoms with E-state index in [9.17, 15) is 4.79 Å². The summed E-state index contributed by atoms with van der Waals surface area (Å²) in [6.45, 7) is 7.17. The molecule has 2 unspecified atom stereocenters. The van der Waals surface area contributed by atoms with Crippen molar-refractivity contribution in [2.45, 2.75) is 24.3 Å². The highest BCUT2D eigenvalue weighted by atomic mass is 32.2. The highest BCUT2D eigenvalue weighted by Gasteiger charge is 2.21. The largest absolute Gasteiger partial charge is 0.302 e. The SMILES string of the molecule is CC1CN(CC=O)CC(C)S1. The molecule has 1 aliphatic rings. The van der Waals surface area contributed by atoms with Crippen molar-refractivity contribution in [2.75, 3.05) is 19.6 Å². The van der Waals surface area contributed by atoms with E-state index in [1.165, 1.54) is 0 Å². The number of thioether (sulfide) groups is 1. The Morgan fingerprint density at radius 3 is 2.45 bits per heavy atom. The van der Waals surface area contributed by atoms with Gasteiger partial charge in [-0.3, -0.25) is 4.90 Å². The summed E-state index contributed by atoms with van der Waals surface area (Å²) in [5, 5.41) is 1.36. The molecule has 0 aromatic heterocycles. The average molecular weight is 173 g/mol. The molecule has 0 N–H and O–H groups in total. The summed E-state index contributed by atoms with van der Waals surface area (Å²) in [4.78, 5) is 12.5. The topological polar surface area (TPSA) is 20.3 Å². The van der Waals surface area contributed by atoms with E-state index in [2.05, 4.69) is 18.7 Å². The van der Waals surface area contributed by atoms with Crippen LogP contribution in [0.15, 0.2) is 0 Å². The van der Waals surface area contributed by atoms with Crippen molar-refractivity contribution in [3.05, 3.63) is 0 Å². The summed E-state index contributed by atoms with van der Waals surface area (Å²) < 4.78 is 0. The Kier molecular flexibility index (Phi) is 3.40. The van der Waals surface area contributed by atoms with E-state index in [4.69, 9.17) is 0 Å². The van der Waals surface area contributed by atoms with Crippen LogP contribution < -0.4 is 0 Å². The smallest absolute Gasteiger partial charge is 0.133 e. The second kappa shape index (κ2) is 4.12. The average Bonchev–Trinajstić information content (AvgIpc) is 1.85. The highest BCUT2D eigenvalue weighted by molar-refractivity contribution is 8.00. The molecule has 1 rings (SSSR count). The molecule has 1 heterocycles. The van der Waals surface area contributed by atoms with Gasteiger partial charge in [-0.25, -0.2) is 0 Å². The van der Waals surface area contributed by atoms with Gasteiger partial charge >= 0.3 is 0 Å². The second-order valence-electron chi connectivity index (χ2n) is 3.14. The standard InChI is InChI=1S/C8H15NOS/c1-7-5-9(3-4-10)6-8(2)11-7/h4,7-8H,3,5-6H2,1-2H3. The van der Waals surface area contributed by atoms with E-state index in [1.54, 1.807) is 0 Å². The molecule has 64 valence electrons. The van der Waals surface area contributed by atoms with Crippen LogP contribution in [0.4, 0.5) is 0 Å². The lowest BCUT2D eigenvalue weighted by atomic mass is 10.3. The minimum atomic E-state index is 0.606. The predicted molar refractivity (Wildman–Crippen MR) is 49.0 cm³/mol. The molecule has 0 saturated carbocycles. The Morgan fingerprint density at radius 1 is 1.45 bits per heavy atom. The van der Waals surface area contributed by atoms with Crippen LogP contribution >= 0.6 is 11.8 Å². The van der Waals surface area contributed by atoms with Crippen LogP contribution in [-0.4, -0.2) is 41.3 Å². The maximum atomic E-state index is 10.2. The zero-order chi connectivity index (χ0) is 8.27. The fourth-order valence-electron chi connectivity index (χ4n) is 1.54. The van der Waals surface area contributed by atoms with Crippen molar-refractivity contribution >= 4 is 18.0 Å². The summed E-state index contributed by atoms with van der Waals surface area (Å²) in [7, 11) is 0. The minimum absolute atomic E-state index is 0.606. The third-order valence-corrected chi connectivity index (χ3v) is 3.06. The monoisotopic (exact) mass is 173 g/mol. The van der Waals surface area contributed by atoms with E-state index in [0.29, 0.717) is 17.0 Å². The van der Waals surface area contributed by atoms with E-state index < -0.39 is 0 Å². The molecule has 2 nitrogen and oxygen atoms in total. The Hall–Kier alpha value is -0.0200. The summed E-state index contributed by atoms with van der Waals surface area (Å²) in [6, 6.07) is 0. The zero-order valence-corrected chi connectivity index (χ0v) is 7.93. The van der Waals surface area contributed by atoms with Gasteiger partial charge in [0.2, 0.25) is 0 Å². The molecule has 0 amide bonds. The highest BCUT2D eigenvalue weighted by Crippen LogP contribution is 2.23. The van der Waals surface area contributed by atoms with Crippen LogP contribution in [0.2, 0.25) is 0 Å². The second-order valence-corrected chi connectivity index (χ2v) is 5.02. The zero-order valence-electron chi connectivity index (χ0n) is 7.12. The molecule has 1 aliphatic heterocycles. The van der Waals surface area contributed by atoms with E-state index >= 15 is 0 Å². The van der Waals surface area contributed by atoms with Crippen molar-refractivity contribution in [3.63, 3.8) is 0 Å². The van der Waals surface area contributed by atoms with Gasteiger partial charge < -0.3 is 4.79 Å². The van der Waals surface area contributed by atoms with Crippen molar-refractivity contribution in [1.82, 2.24) is 4.90 Å². The Morgan fingerprint density at radius 2 is 2.00 bits per heavy atom. The number of carbonyl (C=O) groups is 1. The number of rotatable bonds is 2. The van der Waals surface area contributed by atoms with Gasteiger partial charge in [-0.05, 0) is 0 Å². The lowest BCUT2D eigenvalue weighted by Crippen LogP contribution is -2.41. The molecule has 3 heteroatoms. The van der Waals surface area contributed by atoms with Crippen molar-refractivity contribution in [1.29, 1.82) is 0 Å². The van der Waals surface area contributed by atoms with Crippen LogP contribution in [0.25, 0.3) is 0 Å². The van der Waals surface area contributed by atoms with Gasteiger partial charge in [0.25, 0.3) is 0 Å². The quantitative estimate of drug-likeness (QED) is 0.581. The molecule has 0 radical (unpaired) electrons. The minimum Gasteiger partial charge on any atom is -0.302 e. The first kappa shape index (κ1) is 9.07. The number of carbonyl (C=O) groups excluding carboxylic acids is 1. The predicted octanol–water partition coefficient (Wildman–Crippen LogP) is 1.01. The Balaban J connectivity index is 2.36. The molecule has 2 atom stereocenters. The van der Waals surface area contributed by atoms with Crippen molar-refractivity contribution in [3.8, 4) is 0 Å². The molecule has 0 aromatic rings. The summed E-state index contributed by atoms with van der Waals surface area (Å²) in [5.41, 5.74) is 0. The molecule has 1 saturated heterocycles. The molecule has 0 spiro atoms. The summed E-state index contributed by atoms with van der Waals surface area (Å²) in [6.07, 6.45) is 0.995. The normalized spacial score (nSPS) is 33.6. The van der Waals surface area contributed by atoms with Crippen molar-refractivity contribution in [2.24, 2.45) is 0 Å². The van der Waals surface area contributed by atoms with Crippen LogP contribution in [0.3, 0.4) is 0 Å². The first-order valence-electron chi connectivity index (χ1n) is 4.04. The third-order valence-electron chi connectivity index (χ3n) is 1.83. The van der Waals surface area contributed by atoms with Gasteiger partial charge in [-0.2, -0.15) is 11.8 Å². The fraction of sp³-hybridized carbons (Fsp3) is 0.875. The van der Waals surface area contributed by atoms with Crippen molar-refractivity contribution < 1.29 is 4.79 Å². The van der Waals surface area contributed by atoms with Crippen LogP contribution in [0.5, 0.6) is 0 Å². The molecular formula is C8H15NOS. The molecule has 0 aliphatic carbocycles. The van der Waals surface area contributed by atoms with Crippen LogP contribution in [0, 0.1) is 0 Å². The molecular weight excluding hydrogens is 158 g/mol. The summed E-state index contributed by atoms with van der Waals surface area (Å²) >= 11 is 2.01. The number of hydrogen-bond acceptors (Lipinski definition) is 3. The molecule has 0 aromatic carbocycles. The van der Waals surface area contributed by atoms with E-state index in [0.717, 1.165) is 19.4 Å². The molecule has 1 fully saturated rings. The van der Waals surface area contributed by atoms with Crippen LogP contribution in [0.1, 0.15) is 13.8 Å². The number of hydrogen-bond donors (Lipinski definition) is 0. The fourth-order valence-corrected chi connectivity index (χ4v) is 2.93. The summed E-state index contributed by atoms with van der Waals surface area (Å²) in [5.74, 6) is 0. The lowest BCUT2D eigenvalue weighted by Gasteiger charge is -2.33. The van der Waals surface area contributed by atoms with Gasteiger partial charge in [-0.1, -0.05) is 13.8 Å². The number of nitrogens with zero attached hydrogens (tertiary/aromatic N) is 1. The van der Waals surface area contributed by atoms with Gasteiger partial charge in [0.05, 0.1) is 6.54 Å². The van der Waals surface area contributed by atoms with Gasteiger partial charge in [0, 0.05) is 23.6 Å². The van der Waals surface area contributed by atoms with Gasteiger partial charge in [0.1, 0.15) is 6.29 Å². The first-order chi connectivity index (χ1) is 5.22. The van der Waals surface area contributed by atoms with Crippen LogP contribution in [-0.2, 0) is 4.79 Å². The van der Waals surface area contributed by atoms with Gasteiger partial charge in [-0.15, -0.1) is 0 Å². The maximum Gasteiger partial charge on any atom is 0.133 e. The Bertz CT molecular complexity index is 130. The van der Waals surface area contributed by atoms with Gasteiger partial charge in [0.15, 0.2) is 0 Å². The first-order valence-corrected chi connectivity index (χ1v) is 4.98. The van der Waals surface area contributed by atoms with E-state index in [-0.39, 0.29) is 0 Å². The molecule has 0 bridgehead atoms. The Labute approximate surface area is 72.3 Å². The third kappa shape index (κ3) is 2.83. The van der Waals surface area contributed by atoms with E-state index in [1.807, 2.05) is 11.8 Å². The lowest BCUT2D eigenvalue weighted by molar-refractivity contribution is -0.108. The number of aldehydes is 1.